The number of aryl methyl sites for hydroxylation is 1. The molecule has 0 aliphatic rings. The van der Waals surface area contributed by atoms with E-state index in [-0.39, 0.29) is 42.9 Å². The third-order valence-electron chi connectivity index (χ3n) is 3.77. The molecule has 10 heteroatoms. The summed E-state index contributed by atoms with van der Waals surface area (Å²) >= 11 is 0. The van der Waals surface area contributed by atoms with Crippen LogP contribution in [0, 0.1) is 11.6 Å². The Balaban J connectivity index is 0.00000392. The van der Waals surface area contributed by atoms with Crippen LogP contribution in [-0.4, -0.2) is 47.1 Å². The molecule has 2 rings (SSSR count). The van der Waals surface area contributed by atoms with Crippen LogP contribution in [0.5, 0.6) is 5.75 Å². The van der Waals surface area contributed by atoms with Crippen molar-refractivity contribution in [3.63, 3.8) is 0 Å². The first-order chi connectivity index (χ1) is 12.8. The molecule has 1 unspecified atom stereocenters. The van der Waals surface area contributed by atoms with Crippen molar-refractivity contribution in [2.45, 2.75) is 19.4 Å². The van der Waals surface area contributed by atoms with Gasteiger partial charge in [-0.2, -0.15) is 5.10 Å². The van der Waals surface area contributed by atoms with Gasteiger partial charge in [0.15, 0.2) is 17.6 Å². The average Bonchev–Trinajstić information content (AvgIpc) is 3.07. The van der Waals surface area contributed by atoms with Crippen LogP contribution in [0.3, 0.4) is 0 Å². The van der Waals surface area contributed by atoms with E-state index in [0.717, 1.165) is 12.1 Å². The van der Waals surface area contributed by atoms with E-state index in [4.69, 9.17) is 4.74 Å². The van der Waals surface area contributed by atoms with Crippen LogP contribution in [-0.2, 0) is 12.6 Å². The number of hydrogen-bond acceptors (Lipinski definition) is 4. The number of hydrogen-bond donors (Lipinski definition) is 3. The van der Waals surface area contributed by atoms with Gasteiger partial charge >= 0.3 is 0 Å². The summed E-state index contributed by atoms with van der Waals surface area (Å²) in [7, 11) is 1.78. The lowest BCUT2D eigenvalue weighted by atomic mass is 10.0. The smallest absolute Gasteiger partial charge is 0.191 e. The highest BCUT2D eigenvalue weighted by atomic mass is 127. The molecular weight excluding hydrogens is 483 g/mol. The van der Waals surface area contributed by atoms with Crippen molar-refractivity contribution in [1.29, 1.82) is 0 Å². The second-order valence-corrected chi connectivity index (χ2v) is 6.22. The van der Waals surface area contributed by atoms with Crippen molar-refractivity contribution in [3.05, 3.63) is 47.8 Å². The van der Waals surface area contributed by atoms with Crippen molar-refractivity contribution < 1.29 is 18.6 Å². The predicted octanol–water partition coefficient (Wildman–Crippen LogP) is 2.16. The number of ether oxygens (including phenoxy) is 1. The lowest BCUT2D eigenvalue weighted by molar-refractivity contribution is 0.0672. The monoisotopic (exact) mass is 509 g/mol. The fourth-order valence-electron chi connectivity index (χ4n) is 2.27. The molecule has 0 saturated carbocycles. The maximum atomic E-state index is 13.1. The van der Waals surface area contributed by atoms with Crippen LogP contribution >= 0.6 is 24.0 Å². The maximum Gasteiger partial charge on any atom is 0.191 e. The van der Waals surface area contributed by atoms with Crippen LogP contribution < -0.4 is 15.4 Å². The van der Waals surface area contributed by atoms with Crippen molar-refractivity contribution in [2.24, 2.45) is 12.0 Å². The molecular formula is C18H26F2IN5O2. The first-order valence-corrected chi connectivity index (χ1v) is 8.63. The highest BCUT2D eigenvalue weighted by Crippen LogP contribution is 2.19. The van der Waals surface area contributed by atoms with Crippen LogP contribution in [0.15, 0.2) is 35.6 Å². The van der Waals surface area contributed by atoms with Gasteiger partial charge in [0.1, 0.15) is 18.0 Å². The molecule has 0 bridgehead atoms. The summed E-state index contributed by atoms with van der Waals surface area (Å²) in [5, 5.41) is 20.8. The van der Waals surface area contributed by atoms with Gasteiger partial charge in [-0.1, -0.05) is 0 Å². The summed E-state index contributed by atoms with van der Waals surface area (Å²) in [5.41, 5.74) is -0.482. The second-order valence-electron chi connectivity index (χ2n) is 6.22. The number of aliphatic imine (C=N–C) groups is 1. The Morgan fingerprint density at radius 2 is 2.07 bits per heavy atom. The number of nitrogens with one attached hydrogen (secondary N) is 2. The van der Waals surface area contributed by atoms with Gasteiger partial charge in [0.25, 0.3) is 0 Å². The molecule has 0 radical (unpaired) electrons. The third-order valence-corrected chi connectivity index (χ3v) is 3.77. The summed E-state index contributed by atoms with van der Waals surface area (Å²) in [6.45, 7) is 4.99. The standard InChI is InChI=1S/C18H25F2N5O2.HI/c1-4-21-17(23-12-18(2,26)13-10-24-25(3)11-13)22-7-8-27-14-5-6-15(19)16(20)9-14;/h5-6,9-11,26H,4,7-8,12H2,1-3H3,(H2,21,22,23);1H. The van der Waals surface area contributed by atoms with E-state index < -0.39 is 17.2 Å². The lowest BCUT2D eigenvalue weighted by Gasteiger charge is -2.20. The minimum Gasteiger partial charge on any atom is -0.492 e. The van der Waals surface area contributed by atoms with E-state index in [0.29, 0.717) is 24.6 Å². The van der Waals surface area contributed by atoms with Gasteiger partial charge in [0.2, 0.25) is 0 Å². The quantitative estimate of drug-likeness (QED) is 0.220. The highest BCUT2D eigenvalue weighted by molar-refractivity contribution is 14.0. The van der Waals surface area contributed by atoms with Gasteiger partial charge < -0.3 is 20.5 Å². The van der Waals surface area contributed by atoms with E-state index in [9.17, 15) is 13.9 Å². The zero-order valence-electron chi connectivity index (χ0n) is 16.1. The van der Waals surface area contributed by atoms with Gasteiger partial charge in [-0.25, -0.2) is 13.8 Å². The number of halogens is 3. The predicted molar refractivity (Wildman–Crippen MR) is 114 cm³/mol. The molecule has 156 valence electrons. The van der Waals surface area contributed by atoms with Crippen LogP contribution in [0.2, 0.25) is 0 Å². The highest BCUT2D eigenvalue weighted by Gasteiger charge is 2.24. The first kappa shape index (κ1) is 24.1. The van der Waals surface area contributed by atoms with Gasteiger partial charge in [0, 0.05) is 31.4 Å². The summed E-state index contributed by atoms with van der Waals surface area (Å²) in [5.74, 6) is -1.11. The zero-order valence-corrected chi connectivity index (χ0v) is 18.4. The first-order valence-electron chi connectivity index (χ1n) is 8.63. The number of aromatic nitrogens is 2. The molecule has 1 aromatic carbocycles. The van der Waals surface area contributed by atoms with Gasteiger partial charge in [-0.05, 0) is 26.0 Å². The SMILES string of the molecule is CCNC(=NCC(C)(O)c1cnn(C)c1)NCCOc1ccc(F)c(F)c1.I. The minimum atomic E-state index is -1.15. The molecule has 0 spiro atoms. The van der Waals surface area contributed by atoms with Crippen molar-refractivity contribution in [3.8, 4) is 5.75 Å². The Kier molecular flexibility index (Phi) is 9.59. The Hall–Kier alpha value is -1.95. The molecule has 3 N–H and O–H groups in total. The van der Waals surface area contributed by atoms with Crippen molar-refractivity contribution in [2.75, 3.05) is 26.2 Å². The van der Waals surface area contributed by atoms with Gasteiger partial charge in [0.05, 0.1) is 19.3 Å². The maximum absolute atomic E-state index is 13.1. The molecule has 1 aromatic heterocycles. The normalized spacial score (nSPS) is 13.4. The molecule has 0 amide bonds. The van der Waals surface area contributed by atoms with E-state index in [1.54, 1.807) is 31.0 Å². The van der Waals surface area contributed by atoms with Crippen molar-refractivity contribution >= 4 is 29.9 Å². The van der Waals surface area contributed by atoms with Crippen LogP contribution in [0.1, 0.15) is 19.4 Å². The number of aliphatic hydroxyl groups is 1. The molecule has 1 heterocycles. The third kappa shape index (κ3) is 7.23. The van der Waals surface area contributed by atoms with Gasteiger partial charge in [-0.15, -0.1) is 24.0 Å². The Labute approximate surface area is 180 Å². The molecule has 1 atom stereocenters. The second kappa shape index (κ2) is 11.1. The Bertz CT molecular complexity index is 783. The van der Waals surface area contributed by atoms with Crippen molar-refractivity contribution in [1.82, 2.24) is 20.4 Å². The van der Waals surface area contributed by atoms with Crippen LogP contribution in [0.4, 0.5) is 8.78 Å². The number of benzene rings is 1. The summed E-state index contributed by atoms with van der Waals surface area (Å²) in [6.07, 6.45) is 3.34. The fourth-order valence-corrected chi connectivity index (χ4v) is 2.27. The fraction of sp³-hybridized carbons (Fsp3) is 0.444. The summed E-state index contributed by atoms with van der Waals surface area (Å²) in [4.78, 5) is 4.38. The van der Waals surface area contributed by atoms with Gasteiger partial charge in [-0.3, -0.25) is 4.68 Å². The average molecular weight is 509 g/mol. The molecule has 2 aromatic rings. The van der Waals surface area contributed by atoms with E-state index >= 15 is 0 Å². The number of rotatable bonds is 8. The number of nitrogens with zero attached hydrogens (tertiary/aromatic N) is 3. The molecule has 0 aliphatic heterocycles. The summed E-state index contributed by atoms with van der Waals surface area (Å²) in [6, 6.07) is 3.38. The van der Waals surface area contributed by atoms with E-state index in [1.165, 1.54) is 6.07 Å². The molecule has 7 nitrogen and oxygen atoms in total. The number of guanidine groups is 1. The molecule has 0 aliphatic carbocycles. The van der Waals surface area contributed by atoms with E-state index in [2.05, 4.69) is 20.7 Å². The lowest BCUT2D eigenvalue weighted by Crippen LogP contribution is -2.40. The Morgan fingerprint density at radius 3 is 2.68 bits per heavy atom. The molecule has 0 saturated heterocycles. The topological polar surface area (TPSA) is 83.7 Å². The zero-order chi connectivity index (χ0) is 19.9. The Morgan fingerprint density at radius 1 is 1.32 bits per heavy atom. The van der Waals surface area contributed by atoms with E-state index in [1.807, 2.05) is 6.92 Å². The minimum absolute atomic E-state index is 0. The molecule has 28 heavy (non-hydrogen) atoms. The van der Waals surface area contributed by atoms with Crippen LogP contribution in [0.25, 0.3) is 0 Å². The largest absolute Gasteiger partial charge is 0.492 e. The molecule has 0 fully saturated rings. The summed E-state index contributed by atoms with van der Waals surface area (Å²) < 4.78 is 33.0.